The van der Waals surface area contributed by atoms with E-state index in [4.69, 9.17) is 4.98 Å². The lowest BCUT2D eigenvalue weighted by molar-refractivity contribution is 0.353. The van der Waals surface area contributed by atoms with E-state index in [1.807, 2.05) is 30.6 Å². The fourth-order valence-corrected chi connectivity index (χ4v) is 8.07. The van der Waals surface area contributed by atoms with Gasteiger partial charge in [-0.15, -0.1) is 0 Å². The van der Waals surface area contributed by atoms with Crippen molar-refractivity contribution in [2.75, 3.05) is 0 Å². The number of hydrogen-bond acceptors (Lipinski definition) is 3. The molecule has 9 rings (SSSR count). The number of aromatic nitrogens is 3. The first-order valence-corrected chi connectivity index (χ1v) is 17.0. The lowest BCUT2D eigenvalue weighted by Crippen LogP contribution is -2.27. The lowest BCUT2D eigenvalue weighted by Gasteiger charge is -2.36. The second kappa shape index (κ2) is 11.8. The molecule has 7 aromatic rings. The molecule has 1 saturated carbocycles. The minimum atomic E-state index is 0.203. The topological polar surface area (TPSA) is 38.7 Å². The smallest absolute Gasteiger partial charge is 0.0731 e. The number of pyridine rings is 3. The van der Waals surface area contributed by atoms with E-state index in [0.29, 0.717) is 0 Å². The van der Waals surface area contributed by atoms with Gasteiger partial charge in [0.05, 0.1) is 11.4 Å². The monoisotopic (exact) mass is 617 g/mol. The zero-order valence-electron chi connectivity index (χ0n) is 26.8. The molecule has 3 heteroatoms. The van der Waals surface area contributed by atoms with E-state index in [1.165, 1.54) is 71.0 Å². The highest BCUT2D eigenvalue weighted by Crippen LogP contribution is 2.56. The summed E-state index contributed by atoms with van der Waals surface area (Å²) in [5.74, 6) is 0. The maximum Gasteiger partial charge on any atom is 0.0731 e. The Hall–Kier alpha value is -5.67. The van der Waals surface area contributed by atoms with Gasteiger partial charge in [-0.05, 0) is 99.3 Å². The van der Waals surface area contributed by atoms with Crippen molar-refractivity contribution in [3.63, 3.8) is 0 Å². The summed E-state index contributed by atoms with van der Waals surface area (Å²) in [4.78, 5) is 13.7. The van der Waals surface area contributed by atoms with Crippen molar-refractivity contribution < 1.29 is 0 Å². The molecule has 0 saturated heterocycles. The fourth-order valence-electron chi connectivity index (χ4n) is 8.07. The van der Waals surface area contributed by atoms with Gasteiger partial charge in [0.2, 0.25) is 0 Å². The van der Waals surface area contributed by atoms with E-state index in [1.54, 1.807) is 18.0 Å². The van der Waals surface area contributed by atoms with Crippen LogP contribution in [0.1, 0.15) is 43.2 Å². The molecule has 1 fully saturated rings. The Morgan fingerprint density at radius 1 is 0.396 bits per heavy atom. The molecule has 0 bridgehead atoms. The number of benzene rings is 4. The number of hydrogen-bond donors (Lipinski definition) is 0. The van der Waals surface area contributed by atoms with E-state index in [9.17, 15) is 0 Å². The molecule has 3 nitrogen and oxygen atoms in total. The minimum absolute atomic E-state index is 0.203. The van der Waals surface area contributed by atoms with Crippen LogP contribution >= 0.6 is 0 Å². The summed E-state index contributed by atoms with van der Waals surface area (Å²) in [7, 11) is 0. The Labute approximate surface area is 282 Å². The lowest BCUT2D eigenvalue weighted by atomic mass is 9.68. The van der Waals surface area contributed by atoms with Crippen LogP contribution in [0.5, 0.6) is 0 Å². The molecule has 2 aliphatic rings. The van der Waals surface area contributed by atoms with Gasteiger partial charge in [0.15, 0.2) is 0 Å². The summed E-state index contributed by atoms with van der Waals surface area (Å²) in [6, 6.07) is 46.4. The Balaban J connectivity index is 1.01. The number of nitrogens with zero attached hydrogens (tertiary/aromatic N) is 3. The van der Waals surface area contributed by atoms with Crippen molar-refractivity contribution in [1.82, 2.24) is 15.0 Å². The van der Waals surface area contributed by atoms with Gasteiger partial charge in [0.1, 0.15) is 0 Å². The molecule has 0 amide bonds. The number of fused-ring (bicyclic) bond motifs is 5. The zero-order chi connectivity index (χ0) is 31.9. The average Bonchev–Trinajstić information content (AvgIpc) is 3.43. The van der Waals surface area contributed by atoms with Gasteiger partial charge in [-0.25, -0.2) is 4.98 Å². The Morgan fingerprint density at radius 3 is 1.62 bits per heavy atom. The van der Waals surface area contributed by atoms with Crippen LogP contribution in [0.25, 0.3) is 67.0 Å². The van der Waals surface area contributed by atoms with Crippen molar-refractivity contribution in [2.45, 2.75) is 37.5 Å². The summed E-state index contributed by atoms with van der Waals surface area (Å²) in [5.41, 5.74) is 17.1. The van der Waals surface area contributed by atoms with Crippen LogP contribution in [0.4, 0.5) is 0 Å². The third-order valence-corrected chi connectivity index (χ3v) is 10.5. The third kappa shape index (κ3) is 4.94. The van der Waals surface area contributed by atoms with Crippen LogP contribution in [-0.4, -0.2) is 15.0 Å². The molecule has 3 heterocycles. The summed E-state index contributed by atoms with van der Waals surface area (Å²) in [6.45, 7) is 0. The second-order valence-corrected chi connectivity index (χ2v) is 13.2. The summed E-state index contributed by atoms with van der Waals surface area (Å²) in [5, 5.41) is 0. The molecule has 3 aromatic heterocycles. The molecule has 0 radical (unpaired) electrons. The van der Waals surface area contributed by atoms with Gasteiger partial charge in [-0.3, -0.25) is 9.97 Å². The molecule has 0 aliphatic heterocycles. The average molecular weight is 618 g/mol. The quantitative estimate of drug-likeness (QED) is 0.193. The number of rotatable bonds is 5. The maximum absolute atomic E-state index is 5.05. The Morgan fingerprint density at radius 2 is 0.958 bits per heavy atom. The van der Waals surface area contributed by atoms with Crippen LogP contribution in [0.15, 0.2) is 152 Å². The highest BCUT2D eigenvalue weighted by atomic mass is 14.7. The Kier molecular flexibility index (Phi) is 7.04. The summed E-state index contributed by atoms with van der Waals surface area (Å²) in [6.07, 6.45) is 13.9. The predicted octanol–water partition coefficient (Wildman–Crippen LogP) is 11.4. The van der Waals surface area contributed by atoms with Crippen molar-refractivity contribution in [2.24, 2.45) is 0 Å². The van der Waals surface area contributed by atoms with Crippen LogP contribution in [0.3, 0.4) is 0 Å². The zero-order valence-corrected chi connectivity index (χ0v) is 26.8. The Bertz CT molecular complexity index is 2170. The summed E-state index contributed by atoms with van der Waals surface area (Å²) < 4.78 is 0. The van der Waals surface area contributed by atoms with Gasteiger partial charge in [0.25, 0.3) is 0 Å². The third-order valence-electron chi connectivity index (χ3n) is 10.5. The van der Waals surface area contributed by atoms with E-state index >= 15 is 0 Å². The first-order chi connectivity index (χ1) is 23.7. The van der Waals surface area contributed by atoms with Crippen LogP contribution < -0.4 is 0 Å². The second-order valence-electron chi connectivity index (χ2n) is 13.2. The van der Waals surface area contributed by atoms with E-state index < -0.39 is 0 Å². The molecular weight excluding hydrogens is 583 g/mol. The van der Waals surface area contributed by atoms with E-state index in [-0.39, 0.29) is 5.41 Å². The van der Waals surface area contributed by atoms with Crippen molar-refractivity contribution in [3.8, 4) is 67.0 Å². The SMILES string of the molecule is c1cncc(-c2cc(-c3ccc(-c4ccc(-c5ccc6c(c5)-c5ccccc5C65CCCCC5)cc4)cc3)nc(-c3cccnc3)c2)c1. The molecule has 230 valence electrons. The minimum Gasteiger partial charge on any atom is -0.264 e. The maximum atomic E-state index is 5.05. The normalized spacial score (nSPS) is 14.4. The van der Waals surface area contributed by atoms with Gasteiger partial charge in [-0.1, -0.05) is 110 Å². The van der Waals surface area contributed by atoms with Gasteiger partial charge in [-0.2, -0.15) is 0 Å². The van der Waals surface area contributed by atoms with Gasteiger partial charge >= 0.3 is 0 Å². The molecule has 0 unspecified atom stereocenters. The molecule has 0 N–H and O–H groups in total. The highest BCUT2D eigenvalue weighted by molar-refractivity contribution is 5.85. The molecule has 48 heavy (non-hydrogen) atoms. The van der Waals surface area contributed by atoms with Crippen molar-refractivity contribution in [3.05, 3.63) is 163 Å². The van der Waals surface area contributed by atoms with Crippen LogP contribution in [-0.2, 0) is 5.41 Å². The highest BCUT2D eigenvalue weighted by Gasteiger charge is 2.43. The van der Waals surface area contributed by atoms with Gasteiger partial charge < -0.3 is 0 Å². The predicted molar refractivity (Wildman–Crippen MR) is 196 cm³/mol. The van der Waals surface area contributed by atoms with E-state index in [2.05, 4.69) is 119 Å². The standard InChI is InChI=1S/C45H35N3/c1-4-22-45(23-5-1)41-11-3-2-10-39(41)40-26-35(20-21-42(40)45)33-14-12-31(13-15-33)32-16-18-34(19-17-32)43-27-38(36-8-6-24-46-29-36)28-44(48-43)37-9-7-25-47-30-37/h2-3,6-21,24-30H,1,4-5,22-23H2. The first kappa shape index (κ1) is 28.5. The largest absolute Gasteiger partial charge is 0.264 e. The fraction of sp³-hybridized carbons (Fsp3) is 0.133. The summed E-state index contributed by atoms with van der Waals surface area (Å²) >= 11 is 0. The van der Waals surface area contributed by atoms with Crippen LogP contribution in [0, 0.1) is 0 Å². The molecule has 4 aromatic carbocycles. The van der Waals surface area contributed by atoms with Gasteiger partial charge in [0, 0.05) is 46.9 Å². The van der Waals surface area contributed by atoms with E-state index in [0.717, 1.165) is 33.6 Å². The van der Waals surface area contributed by atoms with Crippen molar-refractivity contribution in [1.29, 1.82) is 0 Å². The van der Waals surface area contributed by atoms with Crippen LogP contribution in [0.2, 0.25) is 0 Å². The molecule has 0 atom stereocenters. The molecule has 2 aliphatic carbocycles. The first-order valence-electron chi connectivity index (χ1n) is 17.0. The van der Waals surface area contributed by atoms with Crippen molar-refractivity contribution >= 4 is 0 Å². The molecular formula is C45H35N3. The molecule has 1 spiro atoms.